The van der Waals surface area contributed by atoms with E-state index in [1.807, 2.05) is 18.2 Å². The molecule has 1 unspecified atom stereocenters. The third-order valence-corrected chi connectivity index (χ3v) is 2.08. The third-order valence-electron chi connectivity index (χ3n) is 1.74. The molecule has 0 saturated carbocycles. The van der Waals surface area contributed by atoms with Crippen LogP contribution in [-0.2, 0) is 4.74 Å². The highest BCUT2D eigenvalue weighted by Crippen LogP contribution is 2.08. The fourth-order valence-electron chi connectivity index (χ4n) is 0.928. The van der Waals surface area contributed by atoms with Crippen molar-refractivity contribution in [3.8, 4) is 0 Å². The van der Waals surface area contributed by atoms with Gasteiger partial charge >= 0.3 is 0 Å². The van der Waals surface area contributed by atoms with Crippen molar-refractivity contribution in [2.24, 2.45) is 0 Å². The van der Waals surface area contributed by atoms with Crippen molar-refractivity contribution in [1.82, 2.24) is 4.90 Å². The SMILES string of the molecule is C=CCN(CC=C)CC=C.ClCC1CO1. The summed E-state index contributed by atoms with van der Waals surface area (Å²) in [6.07, 6.45) is 6.05. The smallest absolute Gasteiger partial charge is 0.0944 e. The van der Waals surface area contributed by atoms with Gasteiger partial charge in [0, 0.05) is 19.6 Å². The van der Waals surface area contributed by atoms with Gasteiger partial charge in [-0.05, 0) is 0 Å². The van der Waals surface area contributed by atoms with Crippen LogP contribution < -0.4 is 0 Å². The Kier molecular flexibility index (Phi) is 9.59. The van der Waals surface area contributed by atoms with Gasteiger partial charge in [0.2, 0.25) is 0 Å². The van der Waals surface area contributed by atoms with E-state index in [9.17, 15) is 0 Å². The van der Waals surface area contributed by atoms with Crippen LogP contribution >= 0.6 is 11.6 Å². The van der Waals surface area contributed by atoms with Crippen LogP contribution in [0, 0.1) is 0 Å². The van der Waals surface area contributed by atoms with E-state index in [0.717, 1.165) is 26.2 Å². The van der Waals surface area contributed by atoms with E-state index in [0.29, 0.717) is 12.0 Å². The summed E-state index contributed by atoms with van der Waals surface area (Å²) in [5, 5.41) is 0. The molecule has 0 radical (unpaired) electrons. The van der Waals surface area contributed by atoms with E-state index in [1.165, 1.54) is 0 Å². The molecule has 0 aliphatic carbocycles. The van der Waals surface area contributed by atoms with Crippen LogP contribution in [0.3, 0.4) is 0 Å². The lowest BCUT2D eigenvalue weighted by Crippen LogP contribution is -2.23. The van der Waals surface area contributed by atoms with E-state index in [4.69, 9.17) is 16.3 Å². The number of alkyl halides is 1. The molecule has 1 heterocycles. The van der Waals surface area contributed by atoms with Crippen molar-refractivity contribution in [3.63, 3.8) is 0 Å². The molecular weight excluding hydrogens is 210 g/mol. The van der Waals surface area contributed by atoms with Gasteiger partial charge in [0.25, 0.3) is 0 Å². The molecular formula is C12H20ClNO. The van der Waals surface area contributed by atoms with Crippen LogP contribution in [-0.4, -0.2) is 43.1 Å². The number of ether oxygens (including phenoxy) is 1. The summed E-state index contributed by atoms with van der Waals surface area (Å²) in [5.74, 6) is 0.667. The Morgan fingerprint density at radius 1 is 1.13 bits per heavy atom. The summed E-state index contributed by atoms with van der Waals surface area (Å²) in [6.45, 7) is 14.5. The monoisotopic (exact) mass is 229 g/mol. The van der Waals surface area contributed by atoms with Gasteiger partial charge in [-0.1, -0.05) is 18.2 Å². The number of nitrogens with zero attached hydrogens (tertiary/aromatic N) is 1. The van der Waals surface area contributed by atoms with Crippen LogP contribution in [0.25, 0.3) is 0 Å². The molecule has 86 valence electrons. The highest BCUT2D eigenvalue weighted by molar-refractivity contribution is 6.18. The number of halogens is 1. The second kappa shape index (κ2) is 9.97. The minimum absolute atomic E-state index is 0.400. The summed E-state index contributed by atoms with van der Waals surface area (Å²) in [7, 11) is 0. The predicted octanol–water partition coefficient (Wildman–Crippen LogP) is 2.47. The average Bonchev–Trinajstić information content (AvgIpc) is 3.03. The maximum atomic E-state index is 5.27. The molecule has 0 spiro atoms. The topological polar surface area (TPSA) is 15.8 Å². The average molecular weight is 230 g/mol. The molecule has 0 amide bonds. The predicted molar refractivity (Wildman–Crippen MR) is 67.5 cm³/mol. The summed E-state index contributed by atoms with van der Waals surface area (Å²) >= 11 is 5.27. The summed E-state index contributed by atoms with van der Waals surface area (Å²) in [6, 6.07) is 0. The van der Waals surface area contributed by atoms with Crippen LogP contribution in [0.5, 0.6) is 0 Å². The number of hydrogen-bond acceptors (Lipinski definition) is 2. The largest absolute Gasteiger partial charge is 0.372 e. The fraction of sp³-hybridized carbons (Fsp3) is 0.500. The molecule has 1 fully saturated rings. The maximum Gasteiger partial charge on any atom is 0.0944 e. The van der Waals surface area contributed by atoms with Crippen molar-refractivity contribution >= 4 is 11.6 Å². The van der Waals surface area contributed by atoms with Gasteiger partial charge in [-0.3, -0.25) is 4.90 Å². The highest BCUT2D eigenvalue weighted by atomic mass is 35.5. The van der Waals surface area contributed by atoms with Gasteiger partial charge in [-0.25, -0.2) is 0 Å². The normalized spacial score (nSPS) is 17.6. The zero-order valence-electron chi connectivity index (χ0n) is 9.20. The van der Waals surface area contributed by atoms with Gasteiger partial charge in [-0.15, -0.1) is 31.3 Å². The molecule has 0 aromatic heterocycles. The Labute approximate surface area is 97.9 Å². The number of hydrogen-bond donors (Lipinski definition) is 0. The lowest BCUT2D eigenvalue weighted by Gasteiger charge is -2.15. The molecule has 15 heavy (non-hydrogen) atoms. The second-order valence-electron chi connectivity index (χ2n) is 3.19. The molecule has 0 aromatic carbocycles. The summed E-state index contributed by atoms with van der Waals surface area (Å²) in [5.41, 5.74) is 0. The minimum Gasteiger partial charge on any atom is -0.372 e. The Bertz CT molecular complexity index is 166. The Hall–Kier alpha value is -0.570. The molecule has 1 aliphatic heterocycles. The number of epoxide rings is 1. The molecule has 0 aromatic rings. The minimum atomic E-state index is 0.400. The van der Waals surface area contributed by atoms with Gasteiger partial charge in [-0.2, -0.15) is 0 Å². The number of rotatable bonds is 7. The van der Waals surface area contributed by atoms with Crippen LogP contribution in [0.1, 0.15) is 0 Å². The van der Waals surface area contributed by atoms with Gasteiger partial charge in [0.05, 0.1) is 18.6 Å². The van der Waals surface area contributed by atoms with E-state index < -0.39 is 0 Å². The Balaban J connectivity index is 0.000000322. The Morgan fingerprint density at radius 3 is 1.67 bits per heavy atom. The molecule has 1 aliphatic rings. The van der Waals surface area contributed by atoms with Crippen molar-refractivity contribution in [2.75, 3.05) is 32.1 Å². The van der Waals surface area contributed by atoms with Gasteiger partial charge < -0.3 is 4.74 Å². The van der Waals surface area contributed by atoms with E-state index in [2.05, 4.69) is 24.6 Å². The highest BCUT2D eigenvalue weighted by Gasteiger charge is 2.19. The maximum absolute atomic E-state index is 5.27. The first kappa shape index (κ1) is 14.4. The quantitative estimate of drug-likeness (QED) is 0.379. The first-order valence-corrected chi connectivity index (χ1v) is 5.54. The molecule has 0 bridgehead atoms. The first-order chi connectivity index (χ1) is 7.28. The van der Waals surface area contributed by atoms with E-state index in [-0.39, 0.29) is 0 Å². The van der Waals surface area contributed by atoms with Crippen LogP contribution in [0.4, 0.5) is 0 Å². The van der Waals surface area contributed by atoms with Crippen LogP contribution in [0.2, 0.25) is 0 Å². The van der Waals surface area contributed by atoms with E-state index in [1.54, 1.807) is 0 Å². The van der Waals surface area contributed by atoms with Crippen molar-refractivity contribution in [2.45, 2.75) is 6.10 Å². The molecule has 1 saturated heterocycles. The van der Waals surface area contributed by atoms with Gasteiger partial charge in [0.1, 0.15) is 0 Å². The molecule has 3 heteroatoms. The molecule has 1 rings (SSSR count). The standard InChI is InChI=1S/C9H15N.C3H5ClO/c1-4-7-10(8-5-2)9-6-3;4-1-3-2-5-3/h4-6H,1-3,7-9H2;3H,1-2H2. The zero-order chi connectivity index (χ0) is 11.5. The van der Waals surface area contributed by atoms with E-state index >= 15 is 0 Å². The zero-order valence-corrected chi connectivity index (χ0v) is 9.96. The Morgan fingerprint density at radius 2 is 1.53 bits per heavy atom. The van der Waals surface area contributed by atoms with Gasteiger partial charge in [0.15, 0.2) is 0 Å². The molecule has 0 N–H and O–H groups in total. The third kappa shape index (κ3) is 9.73. The lowest BCUT2D eigenvalue weighted by atomic mass is 10.4. The second-order valence-corrected chi connectivity index (χ2v) is 3.50. The van der Waals surface area contributed by atoms with Crippen LogP contribution in [0.15, 0.2) is 38.0 Å². The lowest BCUT2D eigenvalue weighted by molar-refractivity contribution is 0.373. The summed E-state index contributed by atoms with van der Waals surface area (Å²) in [4.78, 5) is 2.19. The van der Waals surface area contributed by atoms with Crippen molar-refractivity contribution < 1.29 is 4.74 Å². The molecule has 1 atom stereocenters. The fourth-order valence-corrected chi connectivity index (χ4v) is 1.11. The van der Waals surface area contributed by atoms with Crippen molar-refractivity contribution in [3.05, 3.63) is 38.0 Å². The first-order valence-electron chi connectivity index (χ1n) is 5.01. The molecule has 2 nitrogen and oxygen atoms in total. The summed E-state index contributed by atoms with van der Waals surface area (Å²) < 4.78 is 4.73. The van der Waals surface area contributed by atoms with Crippen molar-refractivity contribution in [1.29, 1.82) is 0 Å².